The summed E-state index contributed by atoms with van der Waals surface area (Å²) < 4.78 is 7.07. The zero-order chi connectivity index (χ0) is 12.5. The third-order valence-corrected chi connectivity index (χ3v) is 2.73. The molecular formula is C11H17N5O. The Kier molecular flexibility index (Phi) is 2.97. The molecule has 92 valence electrons. The first-order valence-electron chi connectivity index (χ1n) is 5.64. The van der Waals surface area contributed by atoms with E-state index in [4.69, 9.17) is 10.3 Å². The second-order valence-corrected chi connectivity index (χ2v) is 4.48. The van der Waals surface area contributed by atoms with E-state index < -0.39 is 5.54 Å². The van der Waals surface area contributed by atoms with E-state index in [9.17, 15) is 0 Å². The highest BCUT2D eigenvalue weighted by Gasteiger charge is 2.27. The van der Waals surface area contributed by atoms with Crippen molar-refractivity contribution in [1.29, 1.82) is 0 Å². The van der Waals surface area contributed by atoms with Gasteiger partial charge in [0.15, 0.2) is 0 Å². The van der Waals surface area contributed by atoms with Crippen molar-refractivity contribution >= 4 is 0 Å². The van der Waals surface area contributed by atoms with Gasteiger partial charge in [0, 0.05) is 7.05 Å². The first-order chi connectivity index (χ1) is 8.04. The van der Waals surface area contributed by atoms with Crippen LogP contribution < -0.4 is 5.73 Å². The quantitative estimate of drug-likeness (QED) is 0.867. The van der Waals surface area contributed by atoms with E-state index in [-0.39, 0.29) is 0 Å². The van der Waals surface area contributed by atoms with Gasteiger partial charge < -0.3 is 14.8 Å². The molecule has 6 nitrogen and oxygen atoms in total. The average Bonchev–Trinajstić information content (AvgIpc) is 2.85. The highest BCUT2D eigenvalue weighted by molar-refractivity contribution is 5.47. The van der Waals surface area contributed by atoms with Gasteiger partial charge in [0.2, 0.25) is 11.7 Å². The lowest BCUT2D eigenvalue weighted by atomic mass is 9.98. The SMILES string of the molecule is CCCC(C)(N)c1nc(-c2cncn2C)no1. The zero-order valence-corrected chi connectivity index (χ0v) is 10.3. The maximum Gasteiger partial charge on any atom is 0.246 e. The standard InChI is InChI=1S/C11H17N5O/c1-4-5-11(2,12)10-14-9(15-17-10)8-6-13-7-16(8)3/h6-7H,4-5,12H2,1-3H3. The van der Waals surface area contributed by atoms with E-state index in [0.717, 1.165) is 18.5 Å². The number of nitrogens with zero attached hydrogens (tertiary/aromatic N) is 4. The van der Waals surface area contributed by atoms with E-state index in [1.807, 2.05) is 18.5 Å². The van der Waals surface area contributed by atoms with Crippen molar-refractivity contribution in [3.05, 3.63) is 18.4 Å². The number of aryl methyl sites for hydroxylation is 1. The summed E-state index contributed by atoms with van der Waals surface area (Å²) in [5.74, 6) is 0.989. The predicted octanol–water partition coefficient (Wildman–Crippen LogP) is 1.44. The molecule has 1 atom stereocenters. The van der Waals surface area contributed by atoms with Crippen LogP contribution in [-0.4, -0.2) is 19.7 Å². The maximum atomic E-state index is 6.13. The average molecular weight is 235 g/mol. The fraction of sp³-hybridized carbons (Fsp3) is 0.545. The Morgan fingerprint density at radius 2 is 2.29 bits per heavy atom. The van der Waals surface area contributed by atoms with Gasteiger partial charge in [0.05, 0.1) is 18.1 Å². The molecule has 2 aromatic rings. The van der Waals surface area contributed by atoms with Gasteiger partial charge in [-0.3, -0.25) is 0 Å². The smallest absolute Gasteiger partial charge is 0.246 e. The number of imidazole rings is 1. The Balaban J connectivity index is 2.31. The molecule has 0 radical (unpaired) electrons. The van der Waals surface area contributed by atoms with Gasteiger partial charge in [0.1, 0.15) is 5.69 Å². The molecular weight excluding hydrogens is 218 g/mol. The molecule has 0 amide bonds. The van der Waals surface area contributed by atoms with Crippen LogP contribution in [-0.2, 0) is 12.6 Å². The number of rotatable bonds is 4. The fourth-order valence-electron chi connectivity index (χ4n) is 1.76. The topological polar surface area (TPSA) is 82.8 Å². The van der Waals surface area contributed by atoms with Crippen molar-refractivity contribution in [2.45, 2.75) is 32.2 Å². The molecule has 17 heavy (non-hydrogen) atoms. The third kappa shape index (κ3) is 2.21. The highest BCUT2D eigenvalue weighted by Crippen LogP contribution is 2.23. The Morgan fingerprint density at radius 3 is 2.88 bits per heavy atom. The van der Waals surface area contributed by atoms with Gasteiger partial charge in [-0.1, -0.05) is 18.5 Å². The lowest BCUT2D eigenvalue weighted by molar-refractivity contribution is 0.284. The third-order valence-electron chi connectivity index (χ3n) is 2.73. The van der Waals surface area contributed by atoms with E-state index >= 15 is 0 Å². The van der Waals surface area contributed by atoms with Crippen molar-refractivity contribution in [2.75, 3.05) is 0 Å². The summed E-state index contributed by atoms with van der Waals surface area (Å²) >= 11 is 0. The predicted molar refractivity (Wildman–Crippen MR) is 62.9 cm³/mol. The number of aromatic nitrogens is 4. The fourth-order valence-corrected chi connectivity index (χ4v) is 1.76. The van der Waals surface area contributed by atoms with Gasteiger partial charge >= 0.3 is 0 Å². The monoisotopic (exact) mass is 235 g/mol. The van der Waals surface area contributed by atoms with Crippen LogP contribution in [0, 0.1) is 0 Å². The van der Waals surface area contributed by atoms with Crippen molar-refractivity contribution in [3.8, 4) is 11.5 Å². The Labute approximate surface area is 99.8 Å². The van der Waals surface area contributed by atoms with Crippen LogP contribution in [0.5, 0.6) is 0 Å². The summed E-state index contributed by atoms with van der Waals surface area (Å²) in [6, 6.07) is 0. The van der Waals surface area contributed by atoms with Crippen LogP contribution >= 0.6 is 0 Å². The Bertz CT molecular complexity index is 499. The molecule has 0 spiro atoms. The number of hydrogen-bond donors (Lipinski definition) is 1. The summed E-state index contributed by atoms with van der Waals surface area (Å²) in [7, 11) is 1.88. The first-order valence-corrected chi connectivity index (χ1v) is 5.64. The van der Waals surface area contributed by atoms with Crippen LogP contribution in [0.25, 0.3) is 11.5 Å². The van der Waals surface area contributed by atoms with Crippen LogP contribution in [0.2, 0.25) is 0 Å². The summed E-state index contributed by atoms with van der Waals surface area (Å²) in [4.78, 5) is 8.36. The van der Waals surface area contributed by atoms with Crippen LogP contribution in [0.1, 0.15) is 32.6 Å². The molecule has 0 aliphatic heterocycles. The molecule has 0 bridgehead atoms. The van der Waals surface area contributed by atoms with Crippen LogP contribution in [0.4, 0.5) is 0 Å². The van der Waals surface area contributed by atoms with Crippen molar-refractivity contribution in [1.82, 2.24) is 19.7 Å². The van der Waals surface area contributed by atoms with E-state index in [2.05, 4.69) is 22.0 Å². The molecule has 0 fully saturated rings. The highest BCUT2D eigenvalue weighted by atomic mass is 16.5. The second kappa shape index (κ2) is 4.29. The molecule has 1 unspecified atom stereocenters. The molecule has 0 aliphatic carbocycles. The largest absolute Gasteiger partial charge is 0.337 e. The molecule has 2 heterocycles. The van der Waals surface area contributed by atoms with Crippen molar-refractivity contribution in [3.63, 3.8) is 0 Å². The molecule has 0 saturated heterocycles. The van der Waals surface area contributed by atoms with Gasteiger partial charge in [0.25, 0.3) is 0 Å². The van der Waals surface area contributed by atoms with Crippen molar-refractivity contribution < 1.29 is 4.52 Å². The molecule has 0 aliphatic rings. The van der Waals surface area contributed by atoms with Gasteiger partial charge in [-0.05, 0) is 13.3 Å². The molecule has 2 N–H and O–H groups in total. The van der Waals surface area contributed by atoms with Crippen LogP contribution in [0.15, 0.2) is 17.0 Å². The molecule has 2 rings (SSSR count). The zero-order valence-electron chi connectivity index (χ0n) is 10.3. The van der Waals surface area contributed by atoms with Gasteiger partial charge in [-0.2, -0.15) is 4.98 Å². The van der Waals surface area contributed by atoms with E-state index in [0.29, 0.717) is 11.7 Å². The summed E-state index contributed by atoms with van der Waals surface area (Å²) in [6.45, 7) is 3.97. The summed E-state index contributed by atoms with van der Waals surface area (Å²) in [6.07, 6.45) is 5.16. The lowest BCUT2D eigenvalue weighted by Gasteiger charge is -2.18. The second-order valence-electron chi connectivity index (χ2n) is 4.48. The number of hydrogen-bond acceptors (Lipinski definition) is 5. The molecule has 6 heteroatoms. The molecule has 2 aromatic heterocycles. The van der Waals surface area contributed by atoms with Crippen LogP contribution in [0.3, 0.4) is 0 Å². The van der Waals surface area contributed by atoms with Gasteiger partial charge in [-0.15, -0.1) is 0 Å². The van der Waals surface area contributed by atoms with Gasteiger partial charge in [-0.25, -0.2) is 4.98 Å². The molecule has 0 saturated carbocycles. The van der Waals surface area contributed by atoms with E-state index in [1.165, 1.54) is 0 Å². The lowest BCUT2D eigenvalue weighted by Crippen LogP contribution is -2.33. The maximum absolute atomic E-state index is 6.13. The Hall–Kier alpha value is -1.69. The first kappa shape index (κ1) is 11.8. The molecule has 0 aromatic carbocycles. The minimum absolute atomic E-state index is 0.468. The minimum atomic E-state index is -0.571. The van der Waals surface area contributed by atoms with E-state index in [1.54, 1.807) is 12.5 Å². The Morgan fingerprint density at radius 1 is 1.53 bits per heavy atom. The minimum Gasteiger partial charge on any atom is -0.337 e. The summed E-state index contributed by atoms with van der Waals surface area (Å²) in [5.41, 5.74) is 6.38. The normalized spacial score (nSPS) is 14.8. The number of nitrogens with two attached hydrogens (primary N) is 1. The van der Waals surface area contributed by atoms with Crippen molar-refractivity contribution in [2.24, 2.45) is 12.8 Å². The summed E-state index contributed by atoms with van der Waals surface area (Å²) in [5, 5.41) is 3.94.